The number of benzene rings is 1. The number of primary sulfonamides is 1. The van der Waals surface area contributed by atoms with E-state index >= 15 is 0 Å². The molecule has 2 rings (SSSR count). The minimum atomic E-state index is -3.73. The molecule has 0 aromatic heterocycles. The second-order valence-corrected chi connectivity index (χ2v) is 5.99. The number of sulfonamides is 1. The number of rotatable bonds is 5. The van der Waals surface area contributed by atoms with Gasteiger partial charge in [-0.25, -0.2) is 13.6 Å². The van der Waals surface area contributed by atoms with E-state index in [9.17, 15) is 8.42 Å². The first-order chi connectivity index (χ1) is 10.3. The molecule has 2 unspecified atom stereocenters. The van der Waals surface area contributed by atoms with E-state index in [0.29, 0.717) is 5.75 Å². The van der Waals surface area contributed by atoms with Crippen molar-refractivity contribution in [1.82, 2.24) is 5.32 Å². The molecule has 1 aromatic rings. The molecule has 1 heterocycles. The fourth-order valence-electron chi connectivity index (χ4n) is 1.59. The lowest BCUT2D eigenvalue weighted by molar-refractivity contribution is 0.00787. The van der Waals surface area contributed by atoms with E-state index in [1.54, 1.807) is 26.4 Å². The van der Waals surface area contributed by atoms with Crippen LogP contribution in [0.3, 0.4) is 0 Å². The van der Waals surface area contributed by atoms with Crippen LogP contribution in [0.2, 0.25) is 0 Å². The van der Waals surface area contributed by atoms with E-state index in [-0.39, 0.29) is 29.9 Å². The average Bonchev–Trinajstić information content (AvgIpc) is 2.94. The van der Waals surface area contributed by atoms with E-state index in [4.69, 9.17) is 24.1 Å². The van der Waals surface area contributed by atoms with Crippen LogP contribution < -0.4 is 19.9 Å². The van der Waals surface area contributed by atoms with E-state index in [1.807, 2.05) is 13.8 Å². The molecule has 0 saturated heterocycles. The van der Waals surface area contributed by atoms with Crippen molar-refractivity contribution in [3.8, 4) is 11.5 Å². The number of para-hydroxylation sites is 1. The molecule has 1 aromatic carbocycles. The molecule has 1 aliphatic heterocycles. The van der Waals surface area contributed by atoms with Gasteiger partial charge in [0, 0.05) is 14.2 Å². The number of hydrogen-bond donors (Lipinski definition) is 2. The van der Waals surface area contributed by atoms with Gasteiger partial charge in [0.15, 0.2) is 11.5 Å². The van der Waals surface area contributed by atoms with Crippen molar-refractivity contribution in [3.63, 3.8) is 0 Å². The standard InChI is InChI=1S/C7H7NO4S.C6H15NO2/c8-13(9,10)6-3-1-2-5-7(6)12-4-11-5;1-5(8-3)7-6(2)9-4/h1-3H,4H2,(H2,8,9,10);5-7H,1-4H3. The zero-order chi connectivity index (χ0) is 16.8. The lowest BCUT2D eigenvalue weighted by atomic mass is 10.3. The van der Waals surface area contributed by atoms with Crippen LogP contribution in [0, 0.1) is 0 Å². The molecule has 0 radical (unpaired) electrons. The number of ether oxygens (including phenoxy) is 4. The Labute approximate surface area is 130 Å². The van der Waals surface area contributed by atoms with Gasteiger partial charge >= 0.3 is 0 Å². The van der Waals surface area contributed by atoms with Gasteiger partial charge < -0.3 is 18.9 Å². The Morgan fingerprint density at radius 1 is 1.18 bits per heavy atom. The van der Waals surface area contributed by atoms with Crippen LogP contribution in [0.5, 0.6) is 11.5 Å². The fourth-order valence-corrected chi connectivity index (χ4v) is 2.28. The molecule has 9 heteroatoms. The van der Waals surface area contributed by atoms with Crippen LogP contribution in [-0.2, 0) is 19.5 Å². The normalized spacial score (nSPS) is 15.7. The van der Waals surface area contributed by atoms with Crippen molar-refractivity contribution in [3.05, 3.63) is 18.2 Å². The predicted molar refractivity (Wildman–Crippen MR) is 80.0 cm³/mol. The third-order valence-electron chi connectivity index (χ3n) is 2.84. The maximum atomic E-state index is 11.0. The Morgan fingerprint density at radius 3 is 2.27 bits per heavy atom. The number of nitrogens with one attached hydrogen (secondary N) is 1. The summed E-state index contributed by atoms with van der Waals surface area (Å²) in [6.07, 6.45) is 0.111. The largest absolute Gasteiger partial charge is 0.454 e. The third-order valence-corrected chi connectivity index (χ3v) is 3.78. The highest BCUT2D eigenvalue weighted by molar-refractivity contribution is 7.89. The minimum Gasteiger partial charge on any atom is -0.454 e. The summed E-state index contributed by atoms with van der Waals surface area (Å²) in [5, 5.41) is 8.00. The number of nitrogens with two attached hydrogens (primary N) is 1. The Morgan fingerprint density at radius 2 is 1.77 bits per heavy atom. The molecule has 0 spiro atoms. The molecule has 126 valence electrons. The summed E-state index contributed by atoms with van der Waals surface area (Å²) in [4.78, 5) is -0.0394. The Hall–Kier alpha value is -1.39. The van der Waals surface area contributed by atoms with Gasteiger partial charge in [-0.1, -0.05) is 6.07 Å². The van der Waals surface area contributed by atoms with Gasteiger partial charge in [0.1, 0.15) is 17.4 Å². The van der Waals surface area contributed by atoms with Gasteiger partial charge in [0.05, 0.1) is 0 Å². The molecule has 0 amide bonds. The van der Waals surface area contributed by atoms with Gasteiger partial charge in [0.25, 0.3) is 0 Å². The average molecular weight is 334 g/mol. The van der Waals surface area contributed by atoms with Gasteiger partial charge in [0.2, 0.25) is 16.8 Å². The quantitative estimate of drug-likeness (QED) is 0.760. The fraction of sp³-hybridized carbons (Fsp3) is 0.538. The van der Waals surface area contributed by atoms with Crippen molar-refractivity contribution in [2.75, 3.05) is 21.0 Å². The van der Waals surface area contributed by atoms with Crippen LogP contribution in [0.4, 0.5) is 0 Å². The molecule has 8 nitrogen and oxygen atoms in total. The summed E-state index contributed by atoms with van der Waals surface area (Å²) in [5.41, 5.74) is 0. The Balaban J connectivity index is 0.000000239. The summed E-state index contributed by atoms with van der Waals surface area (Å²) < 4.78 is 41.9. The predicted octanol–water partition coefficient (Wildman–Crippen LogP) is 0.623. The van der Waals surface area contributed by atoms with Crippen LogP contribution >= 0.6 is 0 Å². The minimum absolute atomic E-state index is 0.0296. The van der Waals surface area contributed by atoms with E-state index in [2.05, 4.69) is 5.32 Å². The smallest absolute Gasteiger partial charge is 0.241 e. The van der Waals surface area contributed by atoms with Crippen LogP contribution in [0.25, 0.3) is 0 Å². The van der Waals surface area contributed by atoms with Crippen molar-refractivity contribution in [1.29, 1.82) is 0 Å². The number of methoxy groups -OCH3 is 2. The zero-order valence-electron chi connectivity index (χ0n) is 13.0. The lowest BCUT2D eigenvalue weighted by Gasteiger charge is -2.16. The third kappa shape index (κ3) is 5.43. The topological polar surface area (TPSA) is 109 Å². The summed E-state index contributed by atoms with van der Waals surface area (Å²) in [5.74, 6) is 0.608. The van der Waals surface area contributed by atoms with E-state index in [0.717, 1.165) is 0 Å². The number of hydrogen-bond acceptors (Lipinski definition) is 7. The van der Waals surface area contributed by atoms with Crippen LogP contribution in [0.1, 0.15) is 13.8 Å². The van der Waals surface area contributed by atoms with E-state index < -0.39 is 10.0 Å². The summed E-state index contributed by atoms with van der Waals surface area (Å²) in [6, 6.07) is 4.55. The molecule has 0 aliphatic carbocycles. The monoisotopic (exact) mass is 334 g/mol. The molecular weight excluding hydrogens is 312 g/mol. The molecule has 22 heavy (non-hydrogen) atoms. The molecule has 3 N–H and O–H groups in total. The summed E-state index contributed by atoms with van der Waals surface area (Å²) in [7, 11) is -0.427. The molecular formula is C13H22N2O6S. The van der Waals surface area contributed by atoms with Crippen molar-refractivity contribution in [2.24, 2.45) is 5.14 Å². The lowest BCUT2D eigenvalue weighted by Crippen LogP contribution is -2.36. The zero-order valence-corrected chi connectivity index (χ0v) is 13.8. The summed E-state index contributed by atoms with van der Waals surface area (Å²) >= 11 is 0. The highest BCUT2D eigenvalue weighted by Crippen LogP contribution is 2.37. The molecule has 0 fully saturated rings. The van der Waals surface area contributed by atoms with Crippen molar-refractivity contribution >= 4 is 10.0 Å². The van der Waals surface area contributed by atoms with Crippen molar-refractivity contribution < 1.29 is 27.4 Å². The van der Waals surface area contributed by atoms with Gasteiger partial charge in [-0.3, -0.25) is 5.32 Å². The van der Waals surface area contributed by atoms with Crippen molar-refractivity contribution in [2.45, 2.75) is 31.2 Å². The van der Waals surface area contributed by atoms with E-state index in [1.165, 1.54) is 6.07 Å². The van der Waals surface area contributed by atoms with Gasteiger partial charge in [-0.2, -0.15) is 0 Å². The second kappa shape index (κ2) is 8.30. The molecule has 0 bridgehead atoms. The maximum Gasteiger partial charge on any atom is 0.241 e. The highest BCUT2D eigenvalue weighted by Gasteiger charge is 2.23. The number of fused-ring (bicyclic) bond motifs is 1. The second-order valence-electron chi connectivity index (χ2n) is 4.46. The Kier molecular flexibility index (Phi) is 7.04. The van der Waals surface area contributed by atoms with Gasteiger partial charge in [-0.05, 0) is 26.0 Å². The molecule has 0 saturated carbocycles. The Bertz CT molecular complexity index is 570. The molecule has 2 atom stereocenters. The highest BCUT2D eigenvalue weighted by atomic mass is 32.2. The van der Waals surface area contributed by atoms with Crippen LogP contribution in [0.15, 0.2) is 23.1 Å². The SMILES string of the molecule is COC(C)NC(C)OC.NS(=O)(=O)c1cccc2c1OCO2. The van der Waals surface area contributed by atoms with Crippen LogP contribution in [-0.4, -0.2) is 41.9 Å². The molecule has 1 aliphatic rings. The first-order valence-electron chi connectivity index (χ1n) is 6.52. The van der Waals surface area contributed by atoms with Gasteiger partial charge in [-0.15, -0.1) is 0 Å². The first kappa shape index (κ1) is 18.7. The maximum absolute atomic E-state index is 11.0. The first-order valence-corrected chi connectivity index (χ1v) is 8.07. The summed E-state index contributed by atoms with van der Waals surface area (Å²) in [6.45, 7) is 3.88.